The molecule has 0 aliphatic heterocycles. The second-order valence-corrected chi connectivity index (χ2v) is 3.56. The van der Waals surface area contributed by atoms with Gasteiger partial charge in [-0.1, -0.05) is 0 Å². The Hall–Kier alpha value is -1.91. The smallest absolute Gasteiger partial charge is 0.307 e. The normalized spacial score (nSPS) is 9.82. The molecule has 0 unspecified atom stereocenters. The van der Waals surface area contributed by atoms with Crippen molar-refractivity contribution in [1.82, 2.24) is 4.90 Å². The van der Waals surface area contributed by atoms with Crippen molar-refractivity contribution >= 4 is 11.9 Å². The Balaban J connectivity index is 2.57. The highest BCUT2D eigenvalue weighted by Gasteiger charge is 2.12. The van der Waals surface area contributed by atoms with Crippen LogP contribution in [-0.2, 0) is 9.53 Å². The van der Waals surface area contributed by atoms with Crippen LogP contribution < -0.4 is 0 Å². The highest BCUT2D eigenvalue weighted by atomic mass is 19.1. The Morgan fingerprint density at radius 1 is 1.29 bits per heavy atom. The van der Waals surface area contributed by atoms with Gasteiger partial charge < -0.3 is 9.64 Å². The molecular weight excluding hydrogens is 225 g/mol. The van der Waals surface area contributed by atoms with E-state index >= 15 is 0 Å². The van der Waals surface area contributed by atoms with Gasteiger partial charge in [-0.15, -0.1) is 0 Å². The Morgan fingerprint density at radius 2 is 1.88 bits per heavy atom. The number of esters is 1. The minimum atomic E-state index is -0.390. The second kappa shape index (κ2) is 5.98. The SMILES string of the molecule is COC(=O)CCN(C)C(=O)c1ccc(F)cc1. The van der Waals surface area contributed by atoms with Crippen molar-refractivity contribution in [2.75, 3.05) is 20.7 Å². The molecule has 0 saturated heterocycles. The summed E-state index contributed by atoms with van der Waals surface area (Å²) in [5, 5.41) is 0. The predicted octanol–water partition coefficient (Wildman–Crippen LogP) is 1.46. The number of hydrogen-bond donors (Lipinski definition) is 0. The number of ether oxygens (including phenoxy) is 1. The van der Waals surface area contributed by atoms with E-state index in [1.165, 1.54) is 36.3 Å². The van der Waals surface area contributed by atoms with Gasteiger partial charge in [-0.2, -0.15) is 0 Å². The van der Waals surface area contributed by atoms with Crippen LogP contribution in [0, 0.1) is 5.82 Å². The van der Waals surface area contributed by atoms with E-state index in [2.05, 4.69) is 4.74 Å². The van der Waals surface area contributed by atoms with Crippen molar-refractivity contribution in [2.45, 2.75) is 6.42 Å². The molecule has 1 aromatic rings. The van der Waals surface area contributed by atoms with E-state index in [0.29, 0.717) is 5.56 Å². The molecule has 1 rings (SSSR count). The molecule has 0 bridgehead atoms. The maximum absolute atomic E-state index is 12.7. The molecule has 0 heterocycles. The minimum absolute atomic E-state index is 0.139. The average Bonchev–Trinajstić information content (AvgIpc) is 2.35. The monoisotopic (exact) mass is 239 g/mol. The fraction of sp³-hybridized carbons (Fsp3) is 0.333. The molecule has 0 N–H and O–H groups in total. The Labute approximate surface area is 99.0 Å². The third kappa shape index (κ3) is 3.86. The number of halogens is 1. The van der Waals surface area contributed by atoms with E-state index < -0.39 is 5.82 Å². The van der Waals surface area contributed by atoms with Crippen LogP contribution in [0.3, 0.4) is 0 Å². The van der Waals surface area contributed by atoms with Crippen molar-refractivity contribution in [2.24, 2.45) is 0 Å². The number of carbonyl (C=O) groups excluding carboxylic acids is 2. The number of amides is 1. The van der Waals surface area contributed by atoms with E-state index in [9.17, 15) is 14.0 Å². The molecule has 0 spiro atoms. The number of nitrogens with zero attached hydrogens (tertiary/aromatic N) is 1. The largest absolute Gasteiger partial charge is 0.469 e. The summed E-state index contributed by atoms with van der Waals surface area (Å²) in [7, 11) is 2.87. The molecule has 0 aliphatic rings. The van der Waals surface area contributed by atoms with Gasteiger partial charge in [0, 0.05) is 19.2 Å². The first-order chi connectivity index (χ1) is 8.04. The number of rotatable bonds is 4. The molecule has 0 aliphatic carbocycles. The molecule has 0 fully saturated rings. The van der Waals surface area contributed by atoms with Gasteiger partial charge in [-0.3, -0.25) is 9.59 Å². The van der Waals surface area contributed by atoms with Crippen LogP contribution in [-0.4, -0.2) is 37.5 Å². The number of benzene rings is 1. The van der Waals surface area contributed by atoms with Crippen molar-refractivity contribution in [1.29, 1.82) is 0 Å². The summed E-state index contributed by atoms with van der Waals surface area (Å²) in [6, 6.07) is 5.27. The lowest BCUT2D eigenvalue weighted by atomic mass is 10.2. The third-order valence-corrected chi connectivity index (χ3v) is 2.32. The highest BCUT2D eigenvalue weighted by Crippen LogP contribution is 2.06. The van der Waals surface area contributed by atoms with E-state index in [1.807, 2.05) is 0 Å². The topological polar surface area (TPSA) is 46.6 Å². The first-order valence-electron chi connectivity index (χ1n) is 5.12. The maximum atomic E-state index is 12.7. The molecule has 5 heteroatoms. The standard InChI is InChI=1S/C12H14FNO3/c1-14(8-7-11(15)17-2)12(16)9-3-5-10(13)6-4-9/h3-6H,7-8H2,1-2H3. The van der Waals surface area contributed by atoms with E-state index in [4.69, 9.17) is 0 Å². The van der Waals surface area contributed by atoms with Crippen molar-refractivity contribution < 1.29 is 18.7 Å². The quantitative estimate of drug-likeness (QED) is 0.747. The number of methoxy groups -OCH3 is 1. The lowest BCUT2D eigenvalue weighted by molar-refractivity contribution is -0.140. The fourth-order valence-corrected chi connectivity index (χ4v) is 1.28. The molecular formula is C12H14FNO3. The van der Waals surface area contributed by atoms with Crippen LogP contribution in [0.15, 0.2) is 24.3 Å². The summed E-state index contributed by atoms with van der Waals surface area (Å²) < 4.78 is 17.1. The van der Waals surface area contributed by atoms with Gasteiger partial charge in [0.05, 0.1) is 13.5 Å². The second-order valence-electron chi connectivity index (χ2n) is 3.56. The Kier molecular flexibility index (Phi) is 4.63. The number of carbonyl (C=O) groups is 2. The molecule has 1 amide bonds. The van der Waals surface area contributed by atoms with Crippen molar-refractivity contribution in [3.63, 3.8) is 0 Å². The zero-order valence-corrected chi connectivity index (χ0v) is 9.77. The number of hydrogen-bond acceptors (Lipinski definition) is 3. The summed E-state index contributed by atoms with van der Waals surface area (Å²) in [5.41, 5.74) is 0.388. The van der Waals surface area contributed by atoms with Crippen LogP contribution in [0.2, 0.25) is 0 Å². The first-order valence-corrected chi connectivity index (χ1v) is 5.12. The van der Waals surface area contributed by atoms with Crippen molar-refractivity contribution in [3.8, 4) is 0 Å². The van der Waals surface area contributed by atoms with E-state index in [-0.39, 0.29) is 24.8 Å². The van der Waals surface area contributed by atoms with Gasteiger partial charge in [0.2, 0.25) is 0 Å². The summed E-state index contributed by atoms with van der Waals surface area (Å²) in [6.45, 7) is 0.267. The summed E-state index contributed by atoms with van der Waals surface area (Å²) in [5.74, 6) is -1.02. The molecule has 92 valence electrons. The zero-order chi connectivity index (χ0) is 12.8. The summed E-state index contributed by atoms with van der Waals surface area (Å²) in [4.78, 5) is 24.1. The van der Waals surface area contributed by atoms with Crippen LogP contribution in [0.1, 0.15) is 16.8 Å². The van der Waals surface area contributed by atoms with Crippen LogP contribution in [0.4, 0.5) is 4.39 Å². The summed E-state index contributed by atoms with van der Waals surface area (Å²) >= 11 is 0. The highest BCUT2D eigenvalue weighted by molar-refractivity contribution is 5.94. The van der Waals surface area contributed by atoms with Gasteiger partial charge in [-0.05, 0) is 24.3 Å². The predicted molar refractivity (Wildman–Crippen MR) is 60.0 cm³/mol. The average molecular weight is 239 g/mol. The van der Waals surface area contributed by atoms with Gasteiger partial charge >= 0.3 is 5.97 Å². The molecule has 0 radical (unpaired) electrons. The van der Waals surface area contributed by atoms with Crippen LogP contribution in [0.5, 0.6) is 0 Å². The maximum Gasteiger partial charge on any atom is 0.307 e. The Bertz CT molecular complexity index is 403. The first kappa shape index (κ1) is 13.2. The molecule has 0 atom stereocenters. The van der Waals surface area contributed by atoms with Crippen molar-refractivity contribution in [3.05, 3.63) is 35.6 Å². The van der Waals surface area contributed by atoms with Gasteiger partial charge in [0.1, 0.15) is 5.82 Å². The zero-order valence-electron chi connectivity index (χ0n) is 9.77. The minimum Gasteiger partial charge on any atom is -0.469 e. The van der Waals surface area contributed by atoms with Crippen LogP contribution >= 0.6 is 0 Å². The molecule has 0 saturated carbocycles. The third-order valence-electron chi connectivity index (χ3n) is 2.32. The van der Waals surface area contributed by atoms with Gasteiger partial charge in [0.25, 0.3) is 5.91 Å². The molecule has 17 heavy (non-hydrogen) atoms. The van der Waals surface area contributed by atoms with Crippen LogP contribution in [0.25, 0.3) is 0 Å². The lowest BCUT2D eigenvalue weighted by Gasteiger charge is -2.16. The molecule has 4 nitrogen and oxygen atoms in total. The lowest BCUT2D eigenvalue weighted by Crippen LogP contribution is -2.29. The van der Waals surface area contributed by atoms with E-state index in [0.717, 1.165) is 0 Å². The van der Waals surface area contributed by atoms with Gasteiger partial charge in [0.15, 0.2) is 0 Å². The molecule has 0 aromatic heterocycles. The van der Waals surface area contributed by atoms with E-state index in [1.54, 1.807) is 7.05 Å². The van der Waals surface area contributed by atoms with Gasteiger partial charge in [-0.25, -0.2) is 4.39 Å². The Morgan fingerprint density at radius 3 is 2.41 bits per heavy atom. The molecule has 1 aromatic carbocycles. The summed E-state index contributed by atoms with van der Waals surface area (Å²) in [6.07, 6.45) is 0.139. The fourth-order valence-electron chi connectivity index (χ4n) is 1.28.